The molecular formula is C21H33N3O5S. The van der Waals surface area contributed by atoms with Crippen molar-refractivity contribution >= 4 is 16.1 Å². The number of likely N-dealkylation sites (tertiary alicyclic amines) is 1. The fraction of sp³-hybridized carbons (Fsp3) is 0.667. The lowest BCUT2D eigenvalue weighted by Gasteiger charge is -2.41. The molecule has 1 aliphatic heterocycles. The molecule has 0 bridgehead atoms. The number of amides is 2. The molecule has 4 atom stereocenters. The highest BCUT2D eigenvalue weighted by molar-refractivity contribution is 7.88. The number of nitrogens with one attached hydrogen (secondary N) is 2. The van der Waals surface area contributed by atoms with Gasteiger partial charge in [-0.3, -0.25) is 0 Å². The average Bonchev–Trinajstić information content (AvgIpc) is 3.13. The minimum atomic E-state index is -3.40. The first-order chi connectivity index (χ1) is 14.4. The molecule has 30 heavy (non-hydrogen) atoms. The van der Waals surface area contributed by atoms with Crippen LogP contribution < -0.4 is 14.8 Å². The van der Waals surface area contributed by atoms with E-state index in [-0.39, 0.29) is 36.9 Å². The van der Waals surface area contributed by atoms with Crippen molar-refractivity contribution in [2.45, 2.75) is 63.3 Å². The Morgan fingerprint density at radius 2 is 1.87 bits per heavy atom. The minimum absolute atomic E-state index is 0.0461. The van der Waals surface area contributed by atoms with Gasteiger partial charge in [0.15, 0.2) is 0 Å². The zero-order chi connectivity index (χ0) is 21.6. The molecule has 168 valence electrons. The van der Waals surface area contributed by atoms with Gasteiger partial charge in [0.25, 0.3) is 0 Å². The Hall–Kier alpha value is -1.84. The molecule has 8 nitrogen and oxygen atoms in total. The molecule has 9 heteroatoms. The van der Waals surface area contributed by atoms with Gasteiger partial charge < -0.3 is 19.7 Å². The highest BCUT2D eigenvalue weighted by Crippen LogP contribution is 2.28. The van der Waals surface area contributed by atoms with Crippen LogP contribution in [0.4, 0.5) is 4.79 Å². The molecule has 2 aliphatic rings. The van der Waals surface area contributed by atoms with Crippen LogP contribution in [0.25, 0.3) is 0 Å². The molecule has 1 heterocycles. The van der Waals surface area contributed by atoms with Crippen molar-refractivity contribution in [1.82, 2.24) is 14.9 Å². The summed E-state index contributed by atoms with van der Waals surface area (Å²) < 4.78 is 38.8. The minimum Gasteiger partial charge on any atom is -0.488 e. The number of sulfonamides is 1. The number of hydrogen-bond donors (Lipinski definition) is 2. The third kappa shape index (κ3) is 6.33. The van der Waals surface area contributed by atoms with E-state index in [9.17, 15) is 13.2 Å². The van der Waals surface area contributed by atoms with Gasteiger partial charge in [0, 0.05) is 19.1 Å². The van der Waals surface area contributed by atoms with Gasteiger partial charge in [-0.1, -0.05) is 18.2 Å². The van der Waals surface area contributed by atoms with E-state index in [2.05, 4.69) is 10.0 Å². The third-order valence-electron chi connectivity index (χ3n) is 5.64. The van der Waals surface area contributed by atoms with Crippen LogP contribution in [0.1, 0.15) is 39.0 Å². The number of ether oxygens (including phenoxy) is 2. The van der Waals surface area contributed by atoms with Crippen LogP contribution in [-0.4, -0.2) is 69.6 Å². The largest absolute Gasteiger partial charge is 0.488 e. The Labute approximate surface area is 179 Å². The number of nitrogens with zero attached hydrogens (tertiary/aromatic N) is 1. The molecule has 2 unspecified atom stereocenters. The second kappa shape index (κ2) is 10.5. The number of benzene rings is 1. The predicted octanol–water partition coefficient (Wildman–Crippen LogP) is 2.11. The number of urea groups is 1. The number of hydrogen-bond acceptors (Lipinski definition) is 5. The van der Waals surface area contributed by atoms with Crippen LogP contribution in [-0.2, 0) is 14.8 Å². The van der Waals surface area contributed by atoms with Crippen molar-refractivity contribution in [2.24, 2.45) is 0 Å². The first-order valence-corrected chi connectivity index (χ1v) is 12.6. The molecular weight excluding hydrogens is 406 g/mol. The molecule has 3 rings (SSSR count). The van der Waals surface area contributed by atoms with E-state index in [1.807, 2.05) is 37.3 Å². The number of para-hydroxylation sites is 1. The fourth-order valence-electron chi connectivity index (χ4n) is 4.29. The van der Waals surface area contributed by atoms with Gasteiger partial charge in [0.05, 0.1) is 25.0 Å². The van der Waals surface area contributed by atoms with Gasteiger partial charge in [-0.2, -0.15) is 0 Å². The van der Waals surface area contributed by atoms with Crippen molar-refractivity contribution in [3.63, 3.8) is 0 Å². The topological polar surface area (TPSA) is 97.0 Å². The van der Waals surface area contributed by atoms with Crippen molar-refractivity contribution in [1.29, 1.82) is 0 Å². The first-order valence-electron chi connectivity index (χ1n) is 10.7. The Bertz CT molecular complexity index is 789. The maximum atomic E-state index is 12.6. The van der Waals surface area contributed by atoms with E-state index in [0.29, 0.717) is 19.5 Å². The van der Waals surface area contributed by atoms with Gasteiger partial charge in [0.2, 0.25) is 10.0 Å². The van der Waals surface area contributed by atoms with Gasteiger partial charge >= 0.3 is 6.03 Å². The van der Waals surface area contributed by atoms with Crippen LogP contribution in [0.3, 0.4) is 0 Å². The first kappa shape index (κ1) is 22.8. The quantitative estimate of drug-likeness (QED) is 0.647. The van der Waals surface area contributed by atoms with E-state index in [1.165, 1.54) is 0 Å². The summed E-state index contributed by atoms with van der Waals surface area (Å²) in [6.07, 6.45) is 5.24. The monoisotopic (exact) mass is 439 g/mol. The molecule has 2 amide bonds. The summed E-state index contributed by atoms with van der Waals surface area (Å²) in [4.78, 5) is 14.3. The van der Waals surface area contributed by atoms with Crippen molar-refractivity contribution < 1.29 is 22.7 Å². The van der Waals surface area contributed by atoms with E-state index >= 15 is 0 Å². The van der Waals surface area contributed by atoms with E-state index in [1.54, 1.807) is 4.90 Å². The molecule has 0 aromatic heterocycles. The van der Waals surface area contributed by atoms with Crippen LogP contribution in [0.15, 0.2) is 30.3 Å². The van der Waals surface area contributed by atoms with Crippen molar-refractivity contribution in [2.75, 3.05) is 26.0 Å². The summed E-state index contributed by atoms with van der Waals surface area (Å²) in [6.45, 7) is 3.23. The molecule has 0 radical (unpaired) electrons. The molecule has 1 aliphatic carbocycles. The number of carbonyl (C=O) groups is 1. The maximum absolute atomic E-state index is 12.6. The second-order valence-corrected chi connectivity index (χ2v) is 9.79. The Morgan fingerprint density at radius 1 is 1.13 bits per heavy atom. The molecule has 2 fully saturated rings. The summed E-state index contributed by atoms with van der Waals surface area (Å²) in [7, 11) is -3.40. The normalized spacial score (nSPS) is 27.1. The van der Waals surface area contributed by atoms with Crippen LogP contribution in [0, 0.1) is 0 Å². The molecule has 1 aromatic rings. The Morgan fingerprint density at radius 3 is 2.57 bits per heavy atom. The smallest absolute Gasteiger partial charge is 0.317 e. The zero-order valence-corrected chi connectivity index (χ0v) is 18.6. The molecule has 1 saturated carbocycles. The Balaban J connectivity index is 1.67. The number of carbonyl (C=O) groups excluding carboxylic acids is 1. The molecule has 1 aromatic carbocycles. The van der Waals surface area contributed by atoms with Crippen LogP contribution in [0.2, 0.25) is 0 Å². The second-order valence-electron chi connectivity index (χ2n) is 8.01. The van der Waals surface area contributed by atoms with Gasteiger partial charge in [-0.05, 0) is 51.2 Å². The summed E-state index contributed by atoms with van der Waals surface area (Å²) in [5.41, 5.74) is 0. The lowest BCUT2D eigenvalue weighted by molar-refractivity contribution is -0.0377. The van der Waals surface area contributed by atoms with E-state index < -0.39 is 10.0 Å². The number of rotatable bonds is 8. The molecule has 0 spiro atoms. The highest BCUT2D eigenvalue weighted by Gasteiger charge is 2.38. The summed E-state index contributed by atoms with van der Waals surface area (Å²) >= 11 is 0. The summed E-state index contributed by atoms with van der Waals surface area (Å²) in [5.74, 6) is 0.816. The highest BCUT2D eigenvalue weighted by atomic mass is 32.2. The Kier molecular flexibility index (Phi) is 7.96. The van der Waals surface area contributed by atoms with Gasteiger partial charge in [-0.25, -0.2) is 17.9 Å². The van der Waals surface area contributed by atoms with Crippen molar-refractivity contribution in [3.05, 3.63) is 30.3 Å². The SMILES string of the molecule is CCNC(=O)N1CCCC(NS(C)(=O)=O)C1CO[C@H]1CCC[C@@H]1Oc1ccccc1. The van der Waals surface area contributed by atoms with Crippen LogP contribution >= 0.6 is 0 Å². The summed E-state index contributed by atoms with van der Waals surface area (Å²) in [5, 5.41) is 2.83. The third-order valence-corrected chi connectivity index (χ3v) is 6.37. The molecule has 2 N–H and O–H groups in total. The van der Waals surface area contributed by atoms with Gasteiger partial charge in [0.1, 0.15) is 11.9 Å². The number of piperidine rings is 1. The average molecular weight is 440 g/mol. The zero-order valence-electron chi connectivity index (χ0n) is 17.7. The van der Waals surface area contributed by atoms with Crippen LogP contribution in [0.5, 0.6) is 5.75 Å². The summed E-state index contributed by atoms with van der Waals surface area (Å²) in [6, 6.07) is 8.77. The van der Waals surface area contributed by atoms with E-state index in [4.69, 9.17) is 9.47 Å². The standard InChI is InChI=1S/C21H33N3O5S/c1-3-22-21(25)24-14-8-11-17(23-30(2,26)27)18(24)15-28-19-12-7-13-20(19)29-16-9-5-4-6-10-16/h4-6,9-10,17-20,23H,3,7-8,11-15H2,1-2H3,(H,22,25)/t17?,18?,19-,20-/m0/s1. The van der Waals surface area contributed by atoms with Crippen molar-refractivity contribution in [3.8, 4) is 5.75 Å². The lowest BCUT2D eigenvalue weighted by Crippen LogP contribution is -2.60. The van der Waals surface area contributed by atoms with E-state index in [0.717, 1.165) is 37.7 Å². The lowest BCUT2D eigenvalue weighted by atomic mass is 9.97. The predicted molar refractivity (Wildman–Crippen MR) is 115 cm³/mol. The fourth-order valence-corrected chi connectivity index (χ4v) is 5.12. The van der Waals surface area contributed by atoms with Gasteiger partial charge in [-0.15, -0.1) is 0 Å². The molecule has 1 saturated heterocycles. The maximum Gasteiger partial charge on any atom is 0.317 e.